The smallest absolute Gasteiger partial charge is 0.326 e. The number of hydrogen-bond donors (Lipinski definition) is 2. The summed E-state index contributed by atoms with van der Waals surface area (Å²) in [6.07, 6.45) is 22.5. The van der Waals surface area contributed by atoms with Crippen molar-refractivity contribution in [2.45, 2.75) is 94.0 Å². The molecule has 0 fully saturated rings. The third-order valence-corrected chi connectivity index (χ3v) is 8.62. The van der Waals surface area contributed by atoms with Gasteiger partial charge >= 0.3 is 5.69 Å². The van der Waals surface area contributed by atoms with Gasteiger partial charge in [-0.15, -0.1) is 0 Å². The van der Waals surface area contributed by atoms with Gasteiger partial charge < -0.3 is 10.3 Å². The average molecular weight is 732 g/mol. The van der Waals surface area contributed by atoms with Crippen molar-refractivity contribution >= 4 is 51.3 Å². The summed E-state index contributed by atoms with van der Waals surface area (Å²) in [6.45, 7) is 28.5. The van der Waals surface area contributed by atoms with Gasteiger partial charge in [0.1, 0.15) is 0 Å². The molecule has 0 amide bonds. The van der Waals surface area contributed by atoms with E-state index < -0.39 is 0 Å². The highest BCUT2D eigenvalue weighted by Gasteiger charge is 2.17. The number of nitrogens with zero attached hydrogens (tertiary/aromatic N) is 5. The molecule has 8 heteroatoms. The van der Waals surface area contributed by atoms with Crippen LogP contribution in [0.15, 0.2) is 107 Å². The van der Waals surface area contributed by atoms with Gasteiger partial charge in [0.25, 0.3) is 0 Å². The van der Waals surface area contributed by atoms with Crippen LogP contribution in [0.2, 0.25) is 0 Å². The Balaban J connectivity index is 0.000000522. The lowest BCUT2D eigenvalue weighted by Crippen LogP contribution is -2.27. The van der Waals surface area contributed by atoms with Crippen LogP contribution >= 0.6 is 0 Å². The quantitative estimate of drug-likeness (QED) is 0.0995. The molecule has 0 saturated heterocycles. The molecule has 0 unspecified atom stereocenters. The number of anilines is 1. The van der Waals surface area contributed by atoms with Crippen molar-refractivity contribution in [1.82, 2.24) is 24.4 Å². The number of para-hydroxylation sites is 2. The van der Waals surface area contributed by atoms with E-state index in [1.165, 1.54) is 24.8 Å². The maximum Gasteiger partial charge on any atom is 0.326 e. The zero-order valence-corrected chi connectivity index (χ0v) is 34.5. The first-order valence-corrected chi connectivity index (χ1v) is 19.8. The summed E-state index contributed by atoms with van der Waals surface area (Å²) in [5.41, 5.74) is 10.1. The number of aryl methyl sites for hydroxylation is 1. The summed E-state index contributed by atoms with van der Waals surface area (Å²) in [5.74, 6) is 0. The average Bonchev–Trinajstić information content (AvgIpc) is 3.53. The van der Waals surface area contributed by atoms with E-state index in [1.54, 1.807) is 4.57 Å². The van der Waals surface area contributed by atoms with Crippen LogP contribution < -0.4 is 11.0 Å². The van der Waals surface area contributed by atoms with Gasteiger partial charge in [-0.05, 0) is 100 Å². The topological polar surface area (TPSA) is 91.2 Å². The number of fused-ring (bicyclic) bond motifs is 2. The lowest BCUT2D eigenvalue weighted by molar-refractivity contribution is 0.293. The van der Waals surface area contributed by atoms with Crippen molar-refractivity contribution in [2.75, 3.05) is 32.0 Å². The van der Waals surface area contributed by atoms with Gasteiger partial charge in [0.2, 0.25) is 0 Å². The molecule has 0 atom stereocenters. The van der Waals surface area contributed by atoms with Crippen molar-refractivity contribution in [3.05, 3.63) is 119 Å². The maximum absolute atomic E-state index is 11.3. The van der Waals surface area contributed by atoms with E-state index in [0.29, 0.717) is 6.54 Å². The molecule has 5 rings (SSSR count). The van der Waals surface area contributed by atoms with Gasteiger partial charge in [-0.2, -0.15) is 0 Å². The first kappa shape index (κ1) is 45.1. The Bertz CT molecular complexity index is 1990. The minimum absolute atomic E-state index is 0.0290. The summed E-state index contributed by atoms with van der Waals surface area (Å²) in [5, 5.41) is 3.19. The summed E-state index contributed by atoms with van der Waals surface area (Å²) in [6, 6.07) is 11.6. The van der Waals surface area contributed by atoms with Crippen molar-refractivity contribution in [1.29, 1.82) is 0 Å². The summed E-state index contributed by atoms with van der Waals surface area (Å²) in [4.78, 5) is 31.0. The second kappa shape index (κ2) is 25.0. The van der Waals surface area contributed by atoms with Crippen LogP contribution in [0.1, 0.15) is 98.9 Å². The van der Waals surface area contributed by atoms with Crippen molar-refractivity contribution in [3.63, 3.8) is 0 Å². The van der Waals surface area contributed by atoms with Gasteiger partial charge in [-0.3, -0.25) is 14.5 Å². The molecule has 2 heterocycles. The molecule has 0 bridgehead atoms. The van der Waals surface area contributed by atoms with Crippen LogP contribution in [-0.4, -0.2) is 57.8 Å². The molecular weight excluding hydrogens is 667 g/mol. The molecule has 2 aromatic heterocycles. The Kier molecular flexibility index (Phi) is 20.9. The van der Waals surface area contributed by atoms with E-state index in [4.69, 9.17) is 9.97 Å². The lowest BCUT2D eigenvalue weighted by Gasteiger charge is -2.22. The Hall–Kier alpha value is -5.08. The predicted octanol–water partition coefficient (Wildman–Crippen LogP) is 11.7. The fraction of sp³-hybridized carbons (Fsp3) is 0.391. The highest BCUT2D eigenvalue weighted by molar-refractivity contribution is 5.90. The minimum Gasteiger partial charge on any atom is -0.386 e. The third kappa shape index (κ3) is 12.8. The van der Waals surface area contributed by atoms with E-state index in [9.17, 15) is 4.79 Å². The molecule has 290 valence electrons. The number of H-pyrrole nitrogens is 1. The number of aromatic nitrogens is 4. The first-order chi connectivity index (χ1) is 26.4. The zero-order chi connectivity index (χ0) is 39.9. The fourth-order valence-corrected chi connectivity index (χ4v) is 6.03. The molecule has 1 aliphatic rings. The van der Waals surface area contributed by atoms with E-state index in [2.05, 4.69) is 71.6 Å². The number of unbranched alkanes of at least 4 members (excludes halogenated alkanes) is 1. The normalized spacial score (nSPS) is 15.1. The van der Waals surface area contributed by atoms with Gasteiger partial charge in [0.15, 0.2) is 0 Å². The van der Waals surface area contributed by atoms with Crippen LogP contribution in [0.3, 0.4) is 0 Å². The highest BCUT2D eigenvalue weighted by Crippen LogP contribution is 2.33. The molecule has 2 aromatic carbocycles. The Labute approximate surface area is 324 Å². The Morgan fingerprint density at radius 1 is 1.02 bits per heavy atom. The van der Waals surface area contributed by atoms with E-state index in [0.717, 1.165) is 88.5 Å². The van der Waals surface area contributed by atoms with Gasteiger partial charge in [0, 0.05) is 20.1 Å². The lowest BCUT2D eigenvalue weighted by atomic mass is 9.98. The molecular formula is C46H65N7O. The number of hydrogen-bond acceptors (Lipinski definition) is 6. The van der Waals surface area contributed by atoms with Crippen LogP contribution in [0.4, 0.5) is 11.4 Å². The summed E-state index contributed by atoms with van der Waals surface area (Å²) < 4.78 is 1.72. The third-order valence-electron chi connectivity index (χ3n) is 8.62. The molecule has 0 radical (unpaired) electrons. The molecule has 1 aliphatic carbocycles. The van der Waals surface area contributed by atoms with Gasteiger partial charge in [-0.1, -0.05) is 115 Å². The molecule has 8 nitrogen and oxygen atoms in total. The van der Waals surface area contributed by atoms with Crippen LogP contribution in [-0.2, 0) is 6.54 Å². The Morgan fingerprint density at radius 2 is 1.76 bits per heavy atom. The predicted molar refractivity (Wildman–Crippen MR) is 238 cm³/mol. The number of nitrogens with one attached hydrogen (secondary N) is 2. The number of imidazole rings is 1. The van der Waals surface area contributed by atoms with E-state index >= 15 is 0 Å². The van der Waals surface area contributed by atoms with Crippen molar-refractivity contribution in [3.8, 4) is 0 Å². The number of rotatable bonds is 14. The SMILES string of the molecule is C=Nc1cc2nc(C(=C)/C=C\C=C/C)c(/C3=C/C/C=C(CN(CCC)CCCC)\C=C/C3)nc2cc1NC.CC.CC.CCn1c(=O)[nH]c2ccccc21. The second-order valence-corrected chi connectivity index (χ2v) is 12.3. The minimum atomic E-state index is -0.0290. The van der Waals surface area contributed by atoms with Crippen LogP contribution in [0.5, 0.6) is 0 Å². The Morgan fingerprint density at radius 3 is 2.43 bits per heavy atom. The zero-order valence-electron chi connectivity index (χ0n) is 34.5. The monoisotopic (exact) mass is 732 g/mol. The molecule has 54 heavy (non-hydrogen) atoms. The van der Waals surface area contributed by atoms with Gasteiger partial charge in [-0.25, -0.2) is 14.8 Å². The first-order valence-electron chi connectivity index (χ1n) is 19.8. The molecule has 2 N–H and O–H groups in total. The van der Waals surface area contributed by atoms with E-state index in [1.807, 2.05) is 109 Å². The standard InChI is InChI=1S/C33H43N5.C9H10N2O.2C2H6/c1-7-10-12-15-25(4)32-33(37-31-23-29(35-6)28(34-5)22-30(31)36-32)27-18-13-16-26(17-14-19-27)24-38(20-9-3)21-11-8-2;1-2-11-8-6-4-3-5-7(8)10-9(11)12;2*1-2/h7,10,12-13,15-17,19,22-23,35H,4-5,8-9,11,14,18,20-21,24H2,1-3,6H3;3-6H,2H2,1H3,(H,10,12);2*1-2H3/b10-7-,15-12-,16-13-,26-17+,27-19+;;;. The highest BCUT2D eigenvalue weighted by atomic mass is 16.1. The van der Waals surface area contributed by atoms with Crippen molar-refractivity contribution < 1.29 is 0 Å². The number of aliphatic imine (C=N–C) groups is 1. The van der Waals surface area contributed by atoms with Crippen molar-refractivity contribution in [2.24, 2.45) is 4.99 Å². The largest absolute Gasteiger partial charge is 0.386 e. The molecule has 0 aliphatic heterocycles. The maximum atomic E-state index is 11.3. The number of aromatic amines is 1. The van der Waals surface area contributed by atoms with Gasteiger partial charge in [0.05, 0.1) is 44.8 Å². The molecule has 4 aromatic rings. The second-order valence-electron chi connectivity index (χ2n) is 12.3. The molecule has 0 spiro atoms. The molecule has 0 saturated carbocycles. The fourth-order valence-electron chi connectivity index (χ4n) is 6.03. The summed E-state index contributed by atoms with van der Waals surface area (Å²) >= 11 is 0. The summed E-state index contributed by atoms with van der Waals surface area (Å²) in [7, 11) is 1.88. The number of allylic oxidation sites excluding steroid dienone is 9. The van der Waals surface area contributed by atoms with Crippen LogP contribution in [0, 0.1) is 0 Å². The number of benzene rings is 2. The van der Waals surface area contributed by atoms with E-state index in [-0.39, 0.29) is 5.69 Å². The van der Waals surface area contributed by atoms with Crippen LogP contribution in [0.25, 0.3) is 33.2 Å².